The van der Waals surface area contributed by atoms with E-state index in [1.165, 1.54) is 54.1 Å². The van der Waals surface area contributed by atoms with Crippen LogP contribution in [0.3, 0.4) is 0 Å². The third-order valence-electron chi connectivity index (χ3n) is 7.01. The third kappa shape index (κ3) is 4.97. The van der Waals surface area contributed by atoms with Gasteiger partial charge >= 0.3 is 0 Å². The fourth-order valence-corrected chi connectivity index (χ4v) is 6.62. The number of nitrogen functional groups attached to an aromatic ring is 1. The zero-order chi connectivity index (χ0) is 33.1. The fourth-order valence-electron chi connectivity index (χ4n) is 5.13. The molecule has 11 nitrogen and oxygen atoms in total. The standard InChI is InChI=1S/C29H26FN7O4S2/c1-15-13-42-23-12-20(24(29(38)36(15)23)17-6-5-7-19(30)10-17)16(2)37-28-25(27(31)32-14-33-28)26(34-37)18-8-9-22(41-3)21(11-18)35-43(4,39)40/h5-14,16,35H,1-4H3,(H2,31,32,33)/t16-/m0/s1/i3D3. The summed E-state index contributed by atoms with van der Waals surface area (Å²) in [6.45, 7) is 3.63. The first-order valence-corrected chi connectivity index (χ1v) is 15.6. The summed E-state index contributed by atoms with van der Waals surface area (Å²) in [5, 5.41) is 7.02. The highest BCUT2D eigenvalue weighted by atomic mass is 32.2. The van der Waals surface area contributed by atoms with Crippen molar-refractivity contribution in [3.8, 4) is 28.1 Å². The van der Waals surface area contributed by atoms with Crippen molar-refractivity contribution in [3.63, 3.8) is 0 Å². The molecule has 3 N–H and O–H groups in total. The van der Waals surface area contributed by atoms with Crippen molar-refractivity contribution in [1.29, 1.82) is 0 Å². The molecule has 1 atom stereocenters. The maximum Gasteiger partial charge on any atom is 0.264 e. The van der Waals surface area contributed by atoms with E-state index >= 15 is 0 Å². The SMILES string of the molecule is [2H]C([2H])([2H])Oc1ccc(-c2nn([C@@H](C)c3cc4scc(C)n4c(=O)c3-c3cccc(F)c3)c3ncnc(N)c23)cc1NS(C)(=O)=O. The Morgan fingerprint density at radius 3 is 2.72 bits per heavy atom. The number of anilines is 2. The van der Waals surface area contributed by atoms with Crippen LogP contribution in [0.2, 0.25) is 0 Å². The van der Waals surface area contributed by atoms with Crippen LogP contribution in [-0.4, -0.2) is 45.9 Å². The number of sulfonamides is 1. The van der Waals surface area contributed by atoms with Gasteiger partial charge in [0, 0.05) is 16.6 Å². The lowest BCUT2D eigenvalue weighted by Gasteiger charge is -2.18. The average molecular weight is 623 g/mol. The first kappa shape index (κ1) is 24.7. The summed E-state index contributed by atoms with van der Waals surface area (Å²) < 4.78 is 71.7. The van der Waals surface area contributed by atoms with Crippen LogP contribution in [0.15, 0.2) is 65.0 Å². The Kier molecular flexibility index (Phi) is 6.03. The predicted molar refractivity (Wildman–Crippen MR) is 166 cm³/mol. The molecule has 0 aliphatic rings. The van der Waals surface area contributed by atoms with Crippen LogP contribution in [0.25, 0.3) is 38.2 Å². The third-order valence-corrected chi connectivity index (χ3v) is 8.61. The number of thiazole rings is 1. The monoisotopic (exact) mass is 622 g/mol. The minimum atomic E-state index is -3.85. The molecule has 0 aliphatic heterocycles. The highest BCUT2D eigenvalue weighted by Crippen LogP contribution is 2.38. The number of nitrogens with zero attached hydrogens (tertiary/aromatic N) is 5. The molecule has 6 aromatic rings. The van der Waals surface area contributed by atoms with E-state index in [2.05, 4.69) is 14.7 Å². The van der Waals surface area contributed by atoms with E-state index in [0.29, 0.717) is 32.6 Å². The quantitative estimate of drug-likeness (QED) is 0.257. The van der Waals surface area contributed by atoms with Gasteiger partial charge in [0.2, 0.25) is 10.0 Å². The molecule has 43 heavy (non-hydrogen) atoms. The topological polar surface area (TPSA) is 146 Å². The molecule has 0 unspecified atom stereocenters. The van der Waals surface area contributed by atoms with Crippen LogP contribution < -0.4 is 20.8 Å². The van der Waals surface area contributed by atoms with Gasteiger partial charge in [-0.2, -0.15) is 5.10 Å². The van der Waals surface area contributed by atoms with Crippen LogP contribution >= 0.6 is 11.3 Å². The van der Waals surface area contributed by atoms with E-state index in [1.807, 2.05) is 25.3 Å². The minimum Gasteiger partial charge on any atom is -0.495 e. The van der Waals surface area contributed by atoms with Crippen molar-refractivity contribution >= 4 is 48.7 Å². The van der Waals surface area contributed by atoms with Crippen molar-refractivity contribution in [2.75, 3.05) is 23.7 Å². The van der Waals surface area contributed by atoms with E-state index in [-0.39, 0.29) is 34.1 Å². The molecule has 220 valence electrons. The normalized spacial score (nSPS) is 13.9. The van der Waals surface area contributed by atoms with E-state index in [9.17, 15) is 17.6 Å². The lowest BCUT2D eigenvalue weighted by Crippen LogP contribution is -2.21. The second-order valence-corrected chi connectivity index (χ2v) is 12.6. The van der Waals surface area contributed by atoms with Crippen molar-refractivity contribution in [1.82, 2.24) is 24.1 Å². The minimum absolute atomic E-state index is 0.0775. The van der Waals surface area contributed by atoms with Gasteiger partial charge in [-0.25, -0.2) is 27.5 Å². The number of fused-ring (bicyclic) bond motifs is 2. The Morgan fingerprint density at radius 2 is 1.98 bits per heavy atom. The number of pyridine rings is 1. The molecule has 0 fully saturated rings. The molecule has 14 heteroatoms. The number of aryl methyl sites for hydroxylation is 1. The van der Waals surface area contributed by atoms with Gasteiger partial charge in [-0.15, -0.1) is 11.3 Å². The number of methoxy groups -OCH3 is 1. The largest absolute Gasteiger partial charge is 0.495 e. The number of halogens is 1. The summed E-state index contributed by atoms with van der Waals surface area (Å²) in [4.78, 5) is 23.2. The predicted octanol–water partition coefficient (Wildman–Crippen LogP) is 4.85. The second kappa shape index (κ2) is 10.5. The number of ether oxygens (including phenoxy) is 1. The number of rotatable bonds is 7. The summed E-state index contributed by atoms with van der Waals surface area (Å²) in [6, 6.07) is 11.2. The van der Waals surface area contributed by atoms with Gasteiger partial charge in [0.05, 0.1) is 40.1 Å². The van der Waals surface area contributed by atoms with Crippen LogP contribution in [0, 0.1) is 12.7 Å². The van der Waals surface area contributed by atoms with Gasteiger partial charge in [0.25, 0.3) is 5.56 Å². The molecule has 0 bridgehead atoms. The van der Waals surface area contributed by atoms with Gasteiger partial charge in [0.15, 0.2) is 5.65 Å². The first-order chi connectivity index (χ1) is 21.6. The van der Waals surface area contributed by atoms with Gasteiger partial charge in [-0.1, -0.05) is 12.1 Å². The van der Waals surface area contributed by atoms with Crippen LogP contribution in [0.4, 0.5) is 15.9 Å². The summed E-state index contributed by atoms with van der Waals surface area (Å²) in [7, 11) is -6.70. The Labute approximate surface area is 253 Å². The Balaban J connectivity index is 1.59. The van der Waals surface area contributed by atoms with Crippen LogP contribution in [0.1, 0.15) is 28.3 Å². The van der Waals surface area contributed by atoms with Crippen molar-refractivity contribution in [2.45, 2.75) is 19.9 Å². The van der Waals surface area contributed by atoms with E-state index < -0.39 is 28.9 Å². The van der Waals surface area contributed by atoms with E-state index in [0.717, 1.165) is 11.9 Å². The van der Waals surface area contributed by atoms with Crippen molar-refractivity contribution in [2.24, 2.45) is 0 Å². The Hall–Kier alpha value is -4.82. The lowest BCUT2D eigenvalue weighted by atomic mass is 9.97. The first-order valence-electron chi connectivity index (χ1n) is 14.3. The zero-order valence-electron chi connectivity index (χ0n) is 26.0. The summed E-state index contributed by atoms with van der Waals surface area (Å²) >= 11 is 1.39. The van der Waals surface area contributed by atoms with Crippen LogP contribution in [-0.2, 0) is 10.0 Å². The molecule has 2 aromatic carbocycles. The number of nitrogens with two attached hydrogens (primary N) is 1. The Bertz CT molecular complexity index is 2340. The van der Waals surface area contributed by atoms with Gasteiger partial charge in [-0.3, -0.25) is 13.9 Å². The highest BCUT2D eigenvalue weighted by Gasteiger charge is 2.26. The lowest BCUT2D eigenvalue weighted by molar-refractivity contribution is 0.417. The molecule has 4 aromatic heterocycles. The Morgan fingerprint density at radius 1 is 1.16 bits per heavy atom. The number of hydrogen-bond donors (Lipinski definition) is 2. The molecule has 0 saturated carbocycles. The molecular formula is C29H26FN7O4S2. The number of benzene rings is 2. The summed E-state index contributed by atoms with van der Waals surface area (Å²) in [5.74, 6) is -0.650. The zero-order valence-corrected chi connectivity index (χ0v) is 24.6. The highest BCUT2D eigenvalue weighted by molar-refractivity contribution is 7.92. The number of aromatic nitrogens is 5. The van der Waals surface area contributed by atoms with Gasteiger partial charge in [-0.05, 0) is 61.4 Å². The smallest absolute Gasteiger partial charge is 0.264 e. The molecule has 0 aliphatic carbocycles. The second-order valence-electron chi connectivity index (χ2n) is 9.95. The van der Waals surface area contributed by atoms with E-state index in [1.54, 1.807) is 15.1 Å². The van der Waals surface area contributed by atoms with Crippen molar-refractivity contribution < 1.29 is 21.7 Å². The molecule has 0 radical (unpaired) electrons. The molecule has 0 amide bonds. The van der Waals surface area contributed by atoms with Crippen molar-refractivity contribution in [3.05, 3.63) is 87.7 Å². The molecule has 0 saturated heterocycles. The number of hydrogen-bond acceptors (Lipinski definition) is 9. The maximum atomic E-state index is 14.4. The maximum absolute atomic E-state index is 14.4. The average Bonchev–Trinajstić information content (AvgIpc) is 3.54. The molecule has 0 spiro atoms. The molecule has 6 rings (SSSR count). The fraction of sp³-hybridized carbons (Fsp3) is 0.172. The van der Waals surface area contributed by atoms with Crippen LogP contribution in [0.5, 0.6) is 5.75 Å². The van der Waals surface area contributed by atoms with Gasteiger partial charge in [0.1, 0.15) is 34.2 Å². The summed E-state index contributed by atoms with van der Waals surface area (Å²) in [5.41, 5.74) is 8.73. The number of nitrogens with one attached hydrogen (secondary N) is 1. The van der Waals surface area contributed by atoms with Gasteiger partial charge < -0.3 is 10.5 Å². The molecule has 4 heterocycles. The summed E-state index contributed by atoms with van der Waals surface area (Å²) in [6.07, 6.45) is 2.19. The molecular weight excluding hydrogens is 593 g/mol. The van der Waals surface area contributed by atoms with E-state index in [4.69, 9.17) is 19.7 Å².